The lowest BCUT2D eigenvalue weighted by atomic mass is 10.2. The maximum absolute atomic E-state index is 11.0. The van der Waals surface area contributed by atoms with Gasteiger partial charge >= 0.3 is 0 Å². The van der Waals surface area contributed by atoms with Crippen LogP contribution in [-0.4, -0.2) is 29.9 Å². The molecule has 0 aromatic rings. The Bertz CT molecular complexity index is 221. The SMILES string of the molecule is CC(=O)N1CCCC1CN=[N+]=[N-]. The Labute approximate surface area is 71.0 Å². The van der Waals surface area contributed by atoms with Crippen LogP contribution in [0, 0.1) is 0 Å². The lowest BCUT2D eigenvalue weighted by molar-refractivity contribution is -0.129. The molecule has 1 aliphatic rings. The van der Waals surface area contributed by atoms with E-state index in [0.717, 1.165) is 19.4 Å². The molecule has 0 bridgehead atoms. The molecule has 1 fully saturated rings. The van der Waals surface area contributed by atoms with E-state index in [1.807, 2.05) is 0 Å². The number of carbonyl (C=O) groups excluding carboxylic acids is 1. The molecule has 1 heterocycles. The van der Waals surface area contributed by atoms with Gasteiger partial charge in [0, 0.05) is 31.0 Å². The number of azide groups is 1. The Hall–Kier alpha value is -1.22. The number of likely N-dealkylation sites (tertiary alicyclic amines) is 1. The Morgan fingerprint density at radius 3 is 3.17 bits per heavy atom. The molecule has 0 N–H and O–H groups in total. The first-order chi connectivity index (χ1) is 5.75. The van der Waals surface area contributed by atoms with Crippen LogP contribution in [0.25, 0.3) is 10.4 Å². The Balaban J connectivity index is 2.51. The minimum absolute atomic E-state index is 0.0747. The summed E-state index contributed by atoms with van der Waals surface area (Å²) in [4.78, 5) is 15.5. The molecule has 5 nitrogen and oxygen atoms in total. The zero-order chi connectivity index (χ0) is 8.97. The zero-order valence-electron chi connectivity index (χ0n) is 7.10. The fraction of sp³-hybridized carbons (Fsp3) is 0.857. The van der Waals surface area contributed by atoms with E-state index in [9.17, 15) is 4.79 Å². The number of carbonyl (C=O) groups is 1. The summed E-state index contributed by atoms with van der Waals surface area (Å²) in [7, 11) is 0. The summed E-state index contributed by atoms with van der Waals surface area (Å²) in [6, 6.07) is 0.137. The van der Waals surface area contributed by atoms with Crippen LogP contribution >= 0.6 is 0 Å². The van der Waals surface area contributed by atoms with Gasteiger partial charge in [-0.2, -0.15) is 0 Å². The van der Waals surface area contributed by atoms with Crippen LogP contribution in [-0.2, 0) is 4.79 Å². The van der Waals surface area contributed by atoms with Gasteiger partial charge in [0.2, 0.25) is 5.91 Å². The van der Waals surface area contributed by atoms with Gasteiger partial charge in [-0.3, -0.25) is 4.79 Å². The minimum atomic E-state index is 0.0747. The number of hydrogen-bond donors (Lipinski definition) is 0. The van der Waals surface area contributed by atoms with Crippen molar-refractivity contribution in [3.8, 4) is 0 Å². The molecule has 0 aromatic carbocycles. The summed E-state index contributed by atoms with van der Waals surface area (Å²) in [6.07, 6.45) is 1.98. The summed E-state index contributed by atoms with van der Waals surface area (Å²) in [6.45, 7) is 2.77. The third-order valence-electron chi connectivity index (χ3n) is 2.14. The third-order valence-corrected chi connectivity index (χ3v) is 2.14. The van der Waals surface area contributed by atoms with E-state index in [-0.39, 0.29) is 11.9 Å². The van der Waals surface area contributed by atoms with Crippen molar-refractivity contribution < 1.29 is 4.79 Å². The molecular formula is C7H12N4O. The predicted molar refractivity (Wildman–Crippen MR) is 44.4 cm³/mol. The Kier molecular flexibility index (Phi) is 2.94. The fourth-order valence-corrected chi connectivity index (χ4v) is 1.57. The maximum Gasteiger partial charge on any atom is 0.219 e. The second kappa shape index (κ2) is 3.97. The minimum Gasteiger partial charge on any atom is -0.340 e. The van der Waals surface area contributed by atoms with Gasteiger partial charge in [0.1, 0.15) is 0 Å². The second-order valence-electron chi connectivity index (χ2n) is 2.92. The Morgan fingerprint density at radius 2 is 2.58 bits per heavy atom. The smallest absolute Gasteiger partial charge is 0.219 e. The molecule has 5 heteroatoms. The number of amides is 1. The maximum atomic E-state index is 11.0. The second-order valence-corrected chi connectivity index (χ2v) is 2.92. The van der Waals surface area contributed by atoms with Crippen molar-refractivity contribution in [2.45, 2.75) is 25.8 Å². The number of hydrogen-bond acceptors (Lipinski definition) is 2. The van der Waals surface area contributed by atoms with Gasteiger partial charge in [0.15, 0.2) is 0 Å². The zero-order valence-corrected chi connectivity index (χ0v) is 7.10. The molecule has 1 rings (SSSR count). The largest absolute Gasteiger partial charge is 0.340 e. The standard InChI is InChI=1S/C7H12N4O/c1-6(12)11-4-2-3-7(11)5-9-10-8/h7H,2-5H2,1H3. The van der Waals surface area contributed by atoms with E-state index in [1.165, 1.54) is 0 Å². The molecule has 1 unspecified atom stereocenters. The molecule has 1 atom stereocenters. The van der Waals surface area contributed by atoms with E-state index in [0.29, 0.717) is 6.54 Å². The lowest BCUT2D eigenvalue weighted by Crippen LogP contribution is -2.35. The summed E-state index contributed by atoms with van der Waals surface area (Å²) in [5, 5.41) is 3.47. The fourth-order valence-electron chi connectivity index (χ4n) is 1.57. The molecule has 0 saturated carbocycles. The van der Waals surface area contributed by atoms with Crippen LogP contribution in [0.1, 0.15) is 19.8 Å². The molecule has 0 aliphatic carbocycles. The highest BCUT2D eigenvalue weighted by Crippen LogP contribution is 2.17. The van der Waals surface area contributed by atoms with Gasteiger partial charge in [-0.15, -0.1) is 0 Å². The summed E-state index contributed by atoms with van der Waals surface area (Å²) >= 11 is 0. The third kappa shape index (κ3) is 1.89. The van der Waals surface area contributed by atoms with Crippen molar-refractivity contribution in [1.29, 1.82) is 0 Å². The number of nitrogens with zero attached hydrogens (tertiary/aromatic N) is 4. The van der Waals surface area contributed by atoms with Gasteiger partial charge < -0.3 is 4.90 Å². The first kappa shape index (κ1) is 8.87. The Morgan fingerprint density at radius 1 is 1.83 bits per heavy atom. The van der Waals surface area contributed by atoms with Gasteiger partial charge in [0.05, 0.1) is 0 Å². The van der Waals surface area contributed by atoms with Crippen LogP contribution in [0.5, 0.6) is 0 Å². The molecule has 12 heavy (non-hydrogen) atoms. The highest BCUT2D eigenvalue weighted by Gasteiger charge is 2.25. The van der Waals surface area contributed by atoms with E-state index >= 15 is 0 Å². The first-order valence-electron chi connectivity index (χ1n) is 4.03. The molecule has 1 amide bonds. The molecule has 0 spiro atoms. The van der Waals surface area contributed by atoms with Crippen LogP contribution in [0.4, 0.5) is 0 Å². The van der Waals surface area contributed by atoms with Crippen molar-refractivity contribution in [2.24, 2.45) is 5.11 Å². The molecule has 66 valence electrons. The summed E-state index contributed by atoms with van der Waals surface area (Å²) < 4.78 is 0. The lowest BCUT2D eigenvalue weighted by Gasteiger charge is -2.21. The topological polar surface area (TPSA) is 69.1 Å². The summed E-state index contributed by atoms with van der Waals surface area (Å²) in [5.41, 5.74) is 8.11. The van der Waals surface area contributed by atoms with E-state index in [1.54, 1.807) is 11.8 Å². The molecule has 0 aromatic heterocycles. The van der Waals surface area contributed by atoms with E-state index in [4.69, 9.17) is 5.53 Å². The van der Waals surface area contributed by atoms with Crippen molar-refractivity contribution in [1.82, 2.24) is 4.90 Å². The molecule has 1 saturated heterocycles. The van der Waals surface area contributed by atoms with Crippen LogP contribution in [0.2, 0.25) is 0 Å². The van der Waals surface area contributed by atoms with Crippen molar-refractivity contribution >= 4 is 5.91 Å². The van der Waals surface area contributed by atoms with Crippen LogP contribution in [0.3, 0.4) is 0 Å². The average Bonchev–Trinajstić information content (AvgIpc) is 2.48. The van der Waals surface area contributed by atoms with Crippen LogP contribution < -0.4 is 0 Å². The van der Waals surface area contributed by atoms with Gasteiger partial charge in [-0.05, 0) is 18.4 Å². The van der Waals surface area contributed by atoms with Crippen molar-refractivity contribution in [3.63, 3.8) is 0 Å². The van der Waals surface area contributed by atoms with Gasteiger partial charge in [0.25, 0.3) is 0 Å². The van der Waals surface area contributed by atoms with Gasteiger partial charge in [-0.25, -0.2) is 0 Å². The van der Waals surface area contributed by atoms with Crippen molar-refractivity contribution in [3.05, 3.63) is 10.4 Å². The quantitative estimate of drug-likeness (QED) is 0.348. The number of rotatable bonds is 2. The van der Waals surface area contributed by atoms with E-state index in [2.05, 4.69) is 10.0 Å². The normalized spacial score (nSPS) is 22.1. The monoisotopic (exact) mass is 168 g/mol. The molecule has 1 aliphatic heterocycles. The highest BCUT2D eigenvalue weighted by atomic mass is 16.2. The molecular weight excluding hydrogens is 156 g/mol. The highest BCUT2D eigenvalue weighted by molar-refractivity contribution is 5.73. The first-order valence-corrected chi connectivity index (χ1v) is 4.03. The predicted octanol–water partition coefficient (Wildman–Crippen LogP) is 1.31. The summed E-state index contributed by atoms with van der Waals surface area (Å²) in [5.74, 6) is 0.0747. The van der Waals surface area contributed by atoms with Crippen LogP contribution in [0.15, 0.2) is 5.11 Å². The van der Waals surface area contributed by atoms with Crippen molar-refractivity contribution in [2.75, 3.05) is 13.1 Å². The van der Waals surface area contributed by atoms with Gasteiger partial charge in [-0.1, -0.05) is 5.11 Å². The molecule has 0 radical (unpaired) electrons. The average molecular weight is 168 g/mol. The van der Waals surface area contributed by atoms with E-state index < -0.39 is 0 Å².